The predicted molar refractivity (Wildman–Crippen MR) is 107 cm³/mol. The zero-order valence-electron chi connectivity index (χ0n) is 16.7. The van der Waals surface area contributed by atoms with Crippen LogP contribution in [0.5, 0.6) is 0 Å². The van der Waals surface area contributed by atoms with Crippen LogP contribution in [-0.2, 0) is 10.0 Å². The number of nitrogens with zero attached hydrogens (tertiary/aromatic N) is 4. The van der Waals surface area contributed by atoms with Crippen molar-refractivity contribution in [2.24, 2.45) is 0 Å². The van der Waals surface area contributed by atoms with E-state index in [2.05, 4.69) is 15.4 Å². The lowest BCUT2D eigenvalue weighted by atomic mass is 10.2. The molecule has 0 spiro atoms. The summed E-state index contributed by atoms with van der Waals surface area (Å²) in [6, 6.07) is 6.70. The van der Waals surface area contributed by atoms with Gasteiger partial charge in [0.05, 0.1) is 10.6 Å². The van der Waals surface area contributed by atoms with Crippen LogP contribution in [0.4, 0.5) is 5.69 Å². The molecule has 0 saturated carbocycles. The van der Waals surface area contributed by atoms with Crippen LogP contribution in [0.2, 0.25) is 0 Å². The minimum absolute atomic E-state index is 0.150. The Labute approximate surface area is 164 Å². The van der Waals surface area contributed by atoms with E-state index in [0.29, 0.717) is 28.2 Å². The molecule has 0 saturated heterocycles. The van der Waals surface area contributed by atoms with Gasteiger partial charge in [0.15, 0.2) is 5.65 Å². The van der Waals surface area contributed by atoms with Crippen molar-refractivity contribution in [3.63, 3.8) is 0 Å². The molecule has 2 aromatic heterocycles. The molecule has 9 heteroatoms. The summed E-state index contributed by atoms with van der Waals surface area (Å²) in [5.74, 6) is -0.387. The third-order valence-corrected chi connectivity index (χ3v) is 6.46. The van der Waals surface area contributed by atoms with Gasteiger partial charge in [-0.2, -0.15) is 5.10 Å². The molecule has 148 valence electrons. The zero-order valence-corrected chi connectivity index (χ0v) is 17.5. The van der Waals surface area contributed by atoms with Gasteiger partial charge in [0.2, 0.25) is 10.0 Å². The highest BCUT2D eigenvalue weighted by molar-refractivity contribution is 7.89. The molecule has 2 heterocycles. The van der Waals surface area contributed by atoms with Gasteiger partial charge >= 0.3 is 0 Å². The van der Waals surface area contributed by atoms with Gasteiger partial charge in [-0.1, -0.05) is 6.07 Å². The van der Waals surface area contributed by atoms with E-state index in [0.717, 1.165) is 15.7 Å². The average molecular weight is 401 g/mol. The van der Waals surface area contributed by atoms with Crippen molar-refractivity contribution in [3.05, 3.63) is 52.5 Å². The summed E-state index contributed by atoms with van der Waals surface area (Å²) in [7, 11) is -0.679. The molecule has 0 unspecified atom stereocenters. The van der Waals surface area contributed by atoms with E-state index in [4.69, 9.17) is 0 Å². The number of aryl methyl sites for hydroxylation is 4. The quantitative estimate of drug-likeness (QED) is 0.724. The minimum Gasteiger partial charge on any atom is -0.322 e. The van der Waals surface area contributed by atoms with Gasteiger partial charge in [-0.3, -0.25) is 4.79 Å². The molecule has 28 heavy (non-hydrogen) atoms. The highest BCUT2D eigenvalue weighted by atomic mass is 32.2. The Hall–Kier alpha value is -2.78. The Morgan fingerprint density at radius 1 is 1.11 bits per heavy atom. The minimum atomic E-state index is -3.62. The van der Waals surface area contributed by atoms with E-state index >= 15 is 0 Å². The summed E-state index contributed by atoms with van der Waals surface area (Å²) in [6.07, 6.45) is 0. The van der Waals surface area contributed by atoms with Crippen molar-refractivity contribution in [2.45, 2.75) is 32.6 Å². The Morgan fingerprint density at radius 2 is 1.79 bits per heavy atom. The molecule has 3 rings (SSSR count). The van der Waals surface area contributed by atoms with Gasteiger partial charge < -0.3 is 5.32 Å². The molecule has 0 aliphatic rings. The van der Waals surface area contributed by atoms with E-state index < -0.39 is 10.0 Å². The van der Waals surface area contributed by atoms with Crippen molar-refractivity contribution in [1.82, 2.24) is 18.9 Å². The highest BCUT2D eigenvalue weighted by Crippen LogP contribution is 2.24. The first-order valence-corrected chi connectivity index (χ1v) is 10.1. The summed E-state index contributed by atoms with van der Waals surface area (Å²) in [4.78, 5) is 17.5. The van der Waals surface area contributed by atoms with E-state index in [1.807, 2.05) is 19.9 Å². The molecule has 0 fully saturated rings. The maximum Gasteiger partial charge on any atom is 0.261 e. The number of rotatable bonds is 4. The number of anilines is 1. The molecule has 1 amide bonds. The summed E-state index contributed by atoms with van der Waals surface area (Å²) in [5, 5.41) is 7.18. The number of hydrogen-bond acceptors (Lipinski definition) is 5. The summed E-state index contributed by atoms with van der Waals surface area (Å²) in [5.41, 5.74) is 4.04. The molecule has 3 aromatic rings. The Kier molecular flexibility index (Phi) is 4.99. The third kappa shape index (κ3) is 3.38. The van der Waals surface area contributed by atoms with Crippen molar-refractivity contribution in [1.29, 1.82) is 0 Å². The van der Waals surface area contributed by atoms with Crippen LogP contribution in [-0.4, -0.2) is 47.3 Å². The predicted octanol–water partition coefficient (Wildman–Crippen LogP) is 2.47. The van der Waals surface area contributed by atoms with E-state index in [1.165, 1.54) is 20.2 Å². The van der Waals surface area contributed by atoms with Crippen LogP contribution in [0.25, 0.3) is 5.65 Å². The van der Waals surface area contributed by atoms with Crippen molar-refractivity contribution in [2.75, 3.05) is 19.4 Å². The topological polar surface area (TPSA) is 96.7 Å². The van der Waals surface area contributed by atoms with Gasteiger partial charge in [0.1, 0.15) is 5.56 Å². The van der Waals surface area contributed by atoms with Crippen LogP contribution in [0.1, 0.15) is 33.0 Å². The lowest BCUT2D eigenvalue weighted by Gasteiger charge is -2.15. The van der Waals surface area contributed by atoms with Gasteiger partial charge in [-0.25, -0.2) is 22.2 Å². The van der Waals surface area contributed by atoms with E-state index in [1.54, 1.807) is 30.5 Å². The highest BCUT2D eigenvalue weighted by Gasteiger charge is 2.23. The Bertz CT molecular complexity index is 1200. The van der Waals surface area contributed by atoms with Gasteiger partial charge in [-0.15, -0.1) is 0 Å². The number of aromatic nitrogens is 3. The fraction of sp³-hybridized carbons (Fsp3) is 0.316. The van der Waals surface area contributed by atoms with Crippen molar-refractivity contribution in [3.8, 4) is 0 Å². The second-order valence-corrected chi connectivity index (χ2v) is 9.08. The molecule has 0 atom stereocenters. The van der Waals surface area contributed by atoms with Crippen molar-refractivity contribution >= 4 is 27.3 Å². The SMILES string of the molecule is Cc1cc(C)n2nc(C)c(C(=O)Nc3ccc(C)c(S(=O)(=O)N(C)C)c3)c2n1. The molecule has 0 aliphatic heterocycles. The van der Waals surface area contributed by atoms with Crippen LogP contribution in [0.3, 0.4) is 0 Å². The average Bonchev–Trinajstić information content (AvgIpc) is 2.92. The van der Waals surface area contributed by atoms with Gasteiger partial charge in [0.25, 0.3) is 5.91 Å². The number of amides is 1. The second kappa shape index (κ2) is 6.99. The first-order valence-electron chi connectivity index (χ1n) is 8.70. The largest absolute Gasteiger partial charge is 0.322 e. The third-order valence-electron chi connectivity index (χ3n) is 4.50. The lowest BCUT2D eigenvalue weighted by Crippen LogP contribution is -2.23. The first kappa shape index (κ1) is 20.0. The van der Waals surface area contributed by atoms with E-state index in [9.17, 15) is 13.2 Å². The molecule has 0 radical (unpaired) electrons. The number of benzene rings is 1. The number of hydrogen-bond donors (Lipinski definition) is 1. The van der Waals surface area contributed by atoms with Crippen LogP contribution in [0.15, 0.2) is 29.2 Å². The molecule has 1 N–H and O–H groups in total. The second-order valence-electron chi connectivity index (χ2n) is 6.96. The smallest absolute Gasteiger partial charge is 0.261 e. The molecule has 8 nitrogen and oxygen atoms in total. The van der Waals surface area contributed by atoms with Crippen LogP contribution < -0.4 is 5.32 Å². The Balaban J connectivity index is 2.03. The molecule has 0 bridgehead atoms. The number of nitrogens with one attached hydrogen (secondary N) is 1. The van der Waals surface area contributed by atoms with Gasteiger partial charge in [0, 0.05) is 31.2 Å². The number of sulfonamides is 1. The molecular formula is C19H23N5O3S. The maximum absolute atomic E-state index is 12.9. The maximum atomic E-state index is 12.9. The normalized spacial score (nSPS) is 12.0. The summed E-state index contributed by atoms with van der Waals surface area (Å²) < 4.78 is 27.8. The monoisotopic (exact) mass is 401 g/mol. The van der Waals surface area contributed by atoms with Crippen molar-refractivity contribution < 1.29 is 13.2 Å². The summed E-state index contributed by atoms with van der Waals surface area (Å²) >= 11 is 0. The van der Waals surface area contributed by atoms with Gasteiger partial charge in [-0.05, 0) is 51.5 Å². The zero-order chi connectivity index (χ0) is 20.8. The molecule has 1 aromatic carbocycles. The van der Waals surface area contributed by atoms with E-state index in [-0.39, 0.29) is 10.8 Å². The molecular weight excluding hydrogens is 378 g/mol. The number of carbonyl (C=O) groups is 1. The summed E-state index contributed by atoms with van der Waals surface area (Å²) in [6.45, 7) is 7.21. The fourth-order valence-corrected chi connectivity index (χ4v) is 4.18. The Morgan fingerprint density at radius 3 is 2.43 bits per heavy atom. The number of fused-ring (bicyclic) bond motifs is 1. The fourth-order valence-electron chi connectivity index (χ4n) is 3.04. The van der Waals surface area contributed by atoms with Crippen LogP contribution in [0, 0.1) is 27.7 Å². The molecule has 0 aliphatic carbocycles. The number of carbonyl (C=O) groups excluding carboxylic acids is 1. The lowest BCUT2D eigenvalue weighted by molar-refractivity contribution is 0.102. The standard InChI is InChI=1S/C19H23N5O3S/c1-11-7-8-15(10-16(11)28(26,27)23(5)6)21-19(25)17-14(4)22-24-13(3)9-12(2)20-18(17)24/h7-10H,1-6H3,(H,21,25). The first-order chi connectivity index (χ1) is 13.0. The van der Waals surface area contributed by atoms with Crippen LogP contribution >= 0.6 is 0 Å².